The van der Waals surface area contributed by atoms with E-state index in [1.807, 2.05) is 18.5 Å². The predicted molar refractivity (Wildman–Crippen MR) is 97.5 cm³/mol. The van der Waals surface area contributed by atoms with Gasteiger partial charge < -0.3 is 9.80 Å². The molecule has 0 aliphatic heterocycles. The van der Waals surface area contributed by atoms with Crippen LogP contribution in [0, 0.1) is 6.92 Å². The van der Waals surface area contributed by atoms with Crippen molar-refractivity contribution in [2.24, 2.45) is 0 Å². The maximum absolute atomic E-state index is 13.0. The number of hydrogen-bond donors (Lipinski definition) is 0. The van der Waals surface area contributed by atoms with E-state index in [9.17, 15) is 9.59 Å². The number of rotatable bonds is 6. The highest BCUT2D eigenvalue weighted by molar-refractivity contribution is 6.06. The van der Waals surface area contributed by atoms with Crippen molar-refractivity contribution in [1.82, 2.24) is 24.6 Å². The third kappa shape index (κ3) is 3.81. The molecule has 2 aromatic rings. The number of amides is 2. The van der Waals surface area contributed by atoms with Crippen LogP contribution in [0.1, 0.15) is 49.3 Å². The van der Waals surface area contributed by atoms with Crippen molar-refractivity contribution in [3.05, 3.63) is 23.5 Å². The molecule has 0 bridgehead atoms. The van der Waals surface area contributed by atoms with E-state index in [4.69, 9.17) is 0 Å². The Balaban J connectivity index is 2.47. The van der Waals surface area contributed by atoms with Crippen LogP contribution in [0.15, 0.2) is 12.3 Å². The molecule has 0 aliphatic rings. The van der Waals surface area contributed by atoms with Crippen LogP contribution in [0.3, 0.4) is 0 Å². The zero-order valence-corrected chi connectivity index (χ0v) is 15.9. The molecule has 0 saturated carbocycles. The summed E-state index contributed by atoms with van der Waals surface area (Å²) in [5.41, 5.74) is 2.02. The lowest BCUT2D eigenvalue weighted by atomic mass is 10.1. The van der Waals surface area contributed by atoms with E-state index >= 15 is 0 Å². The van der Waals surface area contributed by atoms with Gasteiger partial charge in [0.25, 0.3) is 5.91 Å². The second-order valence-corrected chi connectivity index (χ2v) is 6.50. The van der Waals surface area contributed by atoms with Crippen molar-refractivity contribution in [2.45, 2.75) is 40.2 Å². The van der Waals surface area contributed by atoms with E-state index < -0.39 is 0 Å². The molecule has 0 spiro atoms. The fourth-order valence-electron chi connectivity index (χ4n) is 2.62. The summed E-state index contributed by atoms with van der Waals surface area (Å²) < 4.78 is 1.86. The molecule has 136 valence electrons. The largest absolute Gasteiger partial charge is 0.347 e. The first-order valence-corrected chi connectivity index (χ1v) is 8.64. The first-order chi connectivity index (χ1) is 11.8. The van der Waals surface area contributed by atoms with E-state index in [2.05, 4.69) is 23.9 Å². The summed E-state index contributed by atoms with van der Waals surface area (Å²) in [6.45, 7) is 8.42. The minimum atomic E-state index is -0.170. The number of hydrogen-bond acceptors (Lipinski definition) is 4. The summed E-state index contributed by atoms with van der Waals surface area (Å²) >= 11 is 0. The molecule has 0 fully saturated rings. The molecule has 0 N–H and O–H groups in total. The fourth-order valence-corrected chi connectivity index (χ4v) is 2.62. The monoisotopic (exact) mass is 345 g/mol. The van der Waals surface area contributed by atoms with Gasteiger partial charge in [-0.05, 0) is 33.3 Å². The number of aromatic nitrogens is 3. The minimum absolute atomic E-state index is 0.0602. The Kier molecular flexibility index (Phi) is 5.77. The normalized spacial score (nSPS) is 12.2. The molecule has 7 nitrogen and oxygen atoms in total. The average molecular weight is 345 g/mol. The van der Waals surface area contributed by atoms with Crippen molar-refractivity contribution in [3.8, 4) is 0 Å². The smallest absolute Gasteiger partial charge is 0.255 e. The van der Waals surface area contributed by atoms with Crippen LogP contribution in [-0.2, 0) is 4.79 Å². The van der Waals surface area contributed by atoms with Crippen molar-refractivity contribution in [2.75, 3.05) is 27.2 Å². The van der Waals surface area contributed by atoms with Gasteiger partial charge in [-0.15, -0.1) is 0 Å². The van der Waals surface area contributed by atoms with Crippen LogP contribution >= 0.6 is 0 Å². The van der Waals surface area contributed by atoms with Gasteiger partial charge in [-0.25, -0.2) is 9.67 Å². The third-order valence-electron chi connectivity index (χ3n) is 4.43. The second kappa shape index (κ2) is 7.63. The first-order valence-electron chi connectivity index (χ1n) is 8.64. The Hall–Kier alpha value is -2.44. The molecule has 0 radical (unpaired) electrons. The number of likely N-dealkylation sites (N-methyl/N-ethyl adjacent to an activating group) is 2. The van der Waals surface area contributed by atoms with Gasteiger partial charge in [0.1, 0.15) is 0 Å². The lowest BCUT2D eigenvalue weighted by Gasteiger charge is -2.22. The molecule has 0 saturated heterocycles. The molecule has 2 amide bonds. The molecule has 2 aromatic heterocycles. The number of carbonyl (C=O) groups is 2. The van der Waals surface area contributed by atoms with Crippen molar-refractivity contribution in [3.63, 3.8) is 0 Å². The summed E-state index contributed by atoms with van der Waals surface area (Å²) in [5.74, 6) is -0.274. The van der Waals surface area contributed by atoms with Crippen LogP contribution < -0.4 is 0 Å². The van der Waals surface area contributed by atoms with Gasteiger partial charge in [-0.2, -0.15) is 5.10 Å². The summed E-state index contributed by atoms with van der Waals surface area (Å²) in [6, 6.07) is 1.98. The van der Waals surface area contributed by atoms with Crippen LogP contribution in [0.25, 0.3) is 11.0 Å². The SMILES string of the molecule is CC[C@H](C)n1ncc2c(C(=O)N(CC)CC(=O)N(C)C)cc(C)nc21. The Morgan fingerprint density at radius 1 is 1.28 bits per heavy atom. The highest BCUT2D eigenvalue weighted by atomic mass is 16.2. The third-order valence-corrected chi connectivity index (χ3v) is 4.43. The number of fused-ring (bicyclic) bond motifs is 1. The Labute approximate surface area is 148 Å². The van der Waals surface area contributed by atoms with Gasteiger partial charge in [0, 0.05) is 26.3 Å². The Morgan fingerprint density at radius 2 is 1.96 bits per heavy atom. The molecule has 7 heteroatoms. The zero-order valence-electron chi connectivity index (χ0n) is 15.9. The lowest BCUT2D eigenvalue weighted by Crippen LogP contribution is -2.40. The van der Waals surface area contributed by atoms with Gasteiger partial charge in [0.05, 0.1) is 29.7 Å². The topological polar surface area (TPSA) is 71.3 Å². The van der Waals surface area contributed by atoms with Gasteiger partial charge in [-0.1, -0.05) is 6.92 Å². The maximum atomic E-state index is 13.0. The van der Waals surface area contributed by atoms with Gasteiger partial charge in [0.2, 0.25) is 5.91 Å². The average Bonchev–Trinajstić information content (AvgIpc) is 3.00. The van der Waals surface area contributed by atoms with Crippen LogP contribution in [0.5, 0.6) is 0 Å². The summed E-state index contributed by atoms with van der Waals surface area (Å²) in [5, 5.41) is 5.16. The van der Waals surface area contributed by atoms with Gasteiger partial charge >= 0.3 is 0 Å². The first kappa shape index (κ1) is 18.9. The number of carbonyl (C=O) groups excluding carboxylic acids is 2. The number of aryl methyl sites for hydroxylation is 1. The maximum Gasteiger partial charge on any atom is 0.255 e. The standard InChI is InChI=1S/C18H27N5O2/c1-7-13(4)23-17-15(10-19-23)14(9-12(3)20-17)18(25)22(8-2)11-16(24)21(5)6/h9-10,13H,7-8,11H2,1-6H3/t13-/m0/s1. The number of pyridine rings is 1. The molecule has 0 aromatic carbocycles. The van der Waals surface area contributed by atoms with Crippen molar-refractivity contribution in [1.29, 1.82) is 0 Å². The molecule has 2 rings (SSSR count). The van der Waals surface area contributed by atoms with Crippen LogP contribution in [0.2, 0.25) is 0 Å². The fraction of sp³-hybridized carbons (Fsp3) is 0.556. The molecule has 0 unspecified atom stereocenters. The zero-order chi connectivity index (χ0) is 18.7. The summed E-state index contributed by atoms with van der Waals surface area (Å²) in [6.07, 6.45) is 2.62. The minimum Gasteiger partial charge on any atom is -0.347 e. The van der Waals surface area contributed by atoms with Crippen LogP contribution in [-0.4, -0.2) is 63.6 Å². The van der Waals surface area contributed by atoms with E-state index in [0.29, 0.717) is 17.8 Å². The van der Waals surface area contributed by atoms with Crippen molar-refractivity contribution >= 4 is 22.8 Å². The molecule has 25 heavy (non-hydrogen) atoms. The Morgan fingerprint density at radius 3 is 2.52 bits per heavy atom. The number of nitrogens with zero attached hydrogens (tertiary/aromatic N) is 5. The molecule has 2 heterocycles. The molecule has 1 atom stereocenters. The van der Waals surface area contributed by atoms with E-state index in [1.54, 1.807) is 31.3 Å². The van der Waals surface area contributed by atoms with Crippen molar-refractivity contribution < 1.29 is 9.59 Å². The van der Waals surface area contributed by atoms with E-state index in [0.717, 1.165) is 17.5 Å². The highest BCUT2D eigenvalue weighted by Gasteiger charge is 2.23. The van der Waals surface area contributed by atoms with Gasteiger partial charge in [0.15, 0.2) is 5.65 Å². The van der Waals surface area contributed by atoms with Gasteiger partial charge in [-0.3, -0.25) is 9.59 Å². The lowest BCUT2D eigenvalue weighted by molar-refractivity contribution is -0.129. The summed E-state index contributed by atoms with van der Waals surface area (Å²) in [7, 11) is 3.37. The Bertz CT molecular complexity index is 781. The van der Waals surface area contributed by atoms with E-state index in [1.165, 1.54) is 4.90 Å². The molecular formula is C18H27N5O2. The van der Waals surface area contributed by atoms with Crippen LogP contribution in [0.4, 0.5) is 0 Å². The molecule has 0 aliphatic carbocycles. The quantitative estimate of drug-likeness (QED) is 0.805. The predicted octanol–water partition coefficient (Wildman–Crippen LogP) is 2.26. The second-order valence-electron chi connectivity index (χ2n) is 6.50. The summed E-state index contributed by atoms with van der Waals surface area (Å²) in [4.78, 5) is 32.7. The van der Waals surface area contributed by atoms with E-state index in [-0.39, 0.29) is 24.4 Å². The highest BCUT2D eigenvalue weighted by Crippen LogP contribution is 2.23. The molecular weight excluding hydrogens is 318 g/mol.